The summed E-state index contributed by atoms with van der Waals surface area (Å²) in [5.74, 6) is 1.92. The molecule has 0 atom stereocenters. The van der Waals surface area contributed by atoms with Gasteiger partial charge in [-0.15, -0.1) is 17.8 Å². The molecule has 0 unspecified atom stereocenters. The van der Waals surface area contributed by atoms with Gasteiger partial charge in [-0.05, 0) is 19.9 Å². The summed E-state index contributed by atoms with van der Waals surface area (Å²) in [5, 5.41) is 0. The molecule has 0 amide bonds. The summed E-state index contributed by atoms with van der Waals surface area (Å²) >= 11 is 1.58. The van der Waals surface area contributed by atoms with Gasteiger partial charge in [0.1, 0.15) is 0 Å². The highest BCUT2D eigenvalue weighted by Crippen LogP contribution is 2.20. The number of terminal acetylenes is 1. The minimum atomic E-state index is -0.334. The number of aryl methyl sites for hydroxylation is 2. The van der Waals surface area contributed by atoms with E-state index in [9.17, 15) is 4.79 Å². The van der Waals surface area contributed by atoms with E-state index in [2.05, 4.69) is 5.92 Å². The van der Waals surface area contributed by atoms with Crippen LogP contribution in [0.1, 0.15) is 20.1 Å². The van der Waals surface area contributed by atoms with Crippen LogP contribution in [0.4, 0.5) is 0 Å². The van der Waals surface area contributed by atoms with Gasteiger partial charge in [0.15, 0.2) is 6.61 Å². The molecule has 0 N–H and O–H groups in total. The van der Waals surface area contributed by atoms with Crippen molar-refractivity contribution in [2.24, 2.45) is 0 Å². The Bertz CT molecular complexity index is 357. The highest BCUT2D eigenvalue weighted by molar-refractivity contribution is 7.12. The second kappa shape index (κ2) is 4.11. The highest BCUT2D eigenvalue weighted by atomic mass is 32.1. The minimum Gasteiger partial charge on any atom is -0.449 e. The first-order valence-corrected chi connectivity index (χ1v) is 4.64. The van der Waals surface area contributed by atoms with E-state index < -0.39 is 0 Å². The Morgan fingerprint density at radius 1 is 1.69 bits per heavy atom. The Hall–Kier alpha value is -1.27. The normalized spacial score (nSPS) is 9.31. The van der Waals surface area contributed by atoms with Crippen LogP contribution in [0.15, 0.2) is 6.07 Å². The van der Waals surface area contributed by atoms with Crippen LogP contribution in [-0.4, -0.2) is 12.6 Å². The van der Waals surface area contributed by atoms with Gasteiger partial charge in [0.2, 0.25) is 0 Å². The van der Waals surface area contributed by atoms with Gasteiger partial charge in [0, 0.05) is 9.75 Å². The minimum absolute atomic E-state index is 0.0349. The average molecular weight is 194 g/mol. The molecule has 0 fully saturated rings. The third kappa shape index (κ3) is 2.33. The van der Waals surface area contributed by atoms with E-state index in [1.807, 2.05) is 19.9 Å². The summed E-state index contributed by atoms with van der Waals surface area (Å²) in [5.41, 5.74) is 0.623. The van der Waals surface area contributed by atoms with Gasteiger partial charge in [-0.3, -0.25) is 0 Å². The first-order valence-electron chi connectivity index (χ1n) is 3.82. The zero-order valence-corrected chi connectivity index (χ0v) is 8.40. The van der Waals surface area contributed by atoms with Crippen molar-refractivity contribution in [2.75, 3.05) is 6.61 Å². The molecule has 0 spiro atoms. The van der Waals surface area contributed by atoms with E-state index in [0.29, 0.717) is 5.56 Å². The molecule has 0 bridgehead atoms. The Morgan fingerprint density at radius 3 is 2.85 bits per heavy atom. The summed E-state index contributed by atoms with van der Waals surface area (Å²) < 4.78 is 4.80. The number of ether oxygens (including phenoxy) is 1. The van der Waals surface area contributed by atoms with Crippen molar-refractivity contribution in [3.63, 3.8) is 0 Å². The molecule has 1 aromatic rings. The average Bonchev–Trinajstić information content (AvgIpc) is 2.41. The predicted molar refractivity (Wildman–Crippen MR) is 52.9 cm³/mol. The van der Waals surface area contributed by atoms with Gasteiger partial charge >= 0.3 is 5.97 Å². The maximum absolute atomic E-state index is 11.3. The molecule has 0 aliphatic rings. The van der Waals surface area contributed by atoms with Crippen molar-refractivity contribution >= 4 is 17.3 Å². The molecule has 13 heavy (non-hydrogen) atoms. The van der Waals surface area contributed by atoms with Crippen LogP contribution in [0.25, 0.3) is 0 Å². The summed E-state index contributed by atoms with van der Waals surface area (Å²) in [6.07, 6.45) is 4.97. The van der Waals surface area contributed by atoms with E-state index in [4.69, 9.17) is 11.2 Å². The van der Waals surface area contributed by atoms with Gasteiger partial charge in [-0.2, -0.15) is 0 Å². The summed E-state index contributed by atoms with van der Waals surface area (Å²) in [6.45, 7) is 3.88. The quantitative estimate of drug-likeness (QED) is 0.532. The number of thiophene rings is 1. The third-order valence-electron chi connectivity index (χ3n) is 1.55. The van der Waals surface area contributed by atoms with Crippen LogP contribution in [-0.2, 0) is 4.74 Å². The maximum Gasteiger partial charge on any atom is 0.340 e. The van der Waals surface area contributed by atoms with Crippen molar-refractivity contribution in [1.82, 2.24) is 0 Å². The molecule has 1 rings (SSSR count). The van der Waals surface area contributed by atoms with Crippen molar-refractivity contribution in [3.8, 4) is 12.3 Å². The number of hydrogen-bond donors (Lipinski definition) is 0. The second-order valence-corrected chi connectivity index (χ2v) is 4.07. The lowest BCUT2D eigenvalue weighted by molar-refractivity contribution is 0.0556. The summed E-state index contributed by atoms with van der Waals surface area (Å²) in [6, 6.07) is 1.82. The first kappa shape index (κ1) is 9.82. The van der Waals surface area contributed by atoms with Crippen LogP contribution in [0.5, 0.6) is 0 Å². The van der Waals surface area contributed by atoms with E-state index in [1.165, 1.54) is 0 Å². The Labute approximate surface area is 81.5 Å². The molecular weight excluding hydrogens is 184 g/mol. The number of rotatable bonds is 2. The fraction of sp³-hybridized carbons (Fsp3) is 0.300. The Morgan fingerprint density at radius 2 is 2.38 bits per heavy atom. The predicted octanol–water partition coefficient (Wildman–Crippen LogP) is 2.15. The monoisotopic (exact) mass is 194 g/mol. The van der Waals surface area contributed by atoms with Crippen molar-refractivity contribution in [2.45, 2.75) is 13.8 Å². The topological polar surface area (TPSA) is 26.3 Å². The lowest BCUT2D eigenvalue weighted by atomic mass is 10.2. The van der Waals surface area contributed by atoms with Crippen LogP contribution < -0.4 is 0 Å². The Balaban J connectivity index is 2.78. The fourth-order valence-electron chi connectivity index (χ4n) is 1.02. The molecule has 0 aromatic carbocycles. The number of esters is 1. The molecule has 0 saturated carbocycles. The van der Waals surface area contributed by atoms with Gasteiger partial charge in [-0.25, -0.2) is 4.79 Å². The molecular formula is C10H10O2S. The number of hydrogen-bond acceptors (Lipinski definition) is 3. The molecule has 0 radical (unpaired) electrons. The molecule has 0 aliphatic carbocycles. The lowest BCUT2D eigenvalue weighted by Crippen LogP contribution is -2.05. The lowest BCUT2D eigenvalue weighted by Gasteiger charge is -1.98. The van der Waals surface area contributed by atoms with Crippen LogP contribution in [0.3, 0.4) is 0 Å². The van der Waals surface area contributed by atoms with E-state index in [1.54, 1.807) is 11.3 Å². The standard InChI is InChI=1S/C10H10O2S/c1-4-5-12-10(11)9-6-7(2)13-8(9)3/h1,6H,5H2,2-3H3. The van der Waals surface area contributed by atoms with Crippen LogP contribution in [0, 0.1) is 26.2 Å². The summed E-state index contributed by atoms with van der Waals surface area (Å²) in [4.78, 5) is 13.4. The summed E-state index contributed by atoms with van der Waals surface area (Å²) in [7, 11) is 0. The first-order chi connectivity index (χ1) is 6.15. The fourth-order valence-corrected chi connectivity index (χ4v) is 1.93. The van der Waals surface area contributed by atoms with Gasteiger partial charge < -0.3 is 4.74 Å². The van der Waals surface area contributed by atoms with Gasteiger partial charge in [0.25, 0.3) is 0 Å². The smallest absolute Gasteiger partial charge is 0.340 e. The maximum atomic E-state index is 11.3. The second-order valence-electron chi connectivity index (χ2n) is 2.61. The van der Waals surface area contributed by atoms with Gasteiger partial charge in [0.05, 0.1) is 5.56 Å². The zero-order valence-electron chi connectivity index (χ0n) is 7.59. The molecule has 2 nitrogen and oxygen atoms in total. The SMILES string of the molecule is C#CCOC(=O)c1cc(C)sc1C. The molecule has 0 saturated heterocycles. The highest BCUT2D eigenvalue weighted by Gasteiger charge is 2.12. The van der Waals surface area contributed by atoms with E-state index in [0.717, 1.165) is 9.75 Å². The van der Waals surface area contributed by atoms with Crippen LogP contribution >= 0.6 is 11.3 Å². The van der Waals surface area contributed by atoms with Gasteiger partial charge in [-0.1, -0.05) is 5.92 Å². The van der Waals surface area contributed by atoms with E-state index >= 15 is 0 Å². The molecule has 0 aliphatic heterocycles. The molecule has 1 heterocycles. The van der Waals surface area contributed by atoms with Crippen molar-refractivity contribution in [3.05, 3.63) is 21.4 Å². The zero-order chi connectivity index (χ0) is 9.84. The Kier molecular flexibility index (Phi) is 3.10. The van der Waals surface area contributed by atoms with E-state index in [-0.39, 0.29) is 12.6 Å². The molecule has 1 aromatic heterocycles. The van der Waals surface area contributed by atoms with Crippen molar-refractivity contribution in [1.29, 1.82) is 0 Å². The van der Waals surface area contributed by atoms with Crippen LogP contribution in [0.2, 0.25) is 0 Å². The number of carbonyl (C=O) groups excluding carboxylic acids is 1. The largest absolute Gasteiger partial charge is 0.449 e. The van der Waals surface area contributed by atoms with Crippen molar-refractivity contribution < 1.29 is 9.53 Å². The third-order valence-corrected chi connectivity index (χ3v) is 2.51. The number of carbonyl (C=O) groups is 1. The molecule has 68 valence electrons. The molecule has 3 heteroatoms.